The second kappa shape index (κ2) is 5.06. The first-order chi connectivity index (χ1) is 9.67. The Hall–Kier alpha value is -2.19. The topological polar surface area (TPSA) is 33.1 Å². The Morgan fingerprint density at radius 2 is 1.75 bits per heavy atom. The molecule has 0 radical (unpaired) electrons. The van der Waals surface area contributed by atoms with E-state index in [1.807, 2.05) is 67.6 Å². The molecule has 1 unspecified atom stereocenters. The first-order valence-corrected chi connectivity index (χ1v) is 6.77. The minimum absolute atomic E-state index is 0.585. The Morgan fingerprint density at radius 3 is 2.55 bits per heavy atom. The molecule has 1 aromatic heterocycles. The highest BCUT2D eigenvalue weighted by atomic mass is 16.3. The van der Waals surface area contributed by atoms with Crippen LogP contribution in [-0.4, -0.2) is 10.1 Å². The van der Waals surface area contributed by atoms with Crippen molar-refractivity contribution in [2.75, 3.05) is 0 Å². The van der Waals surface area contributed by atoms with Crippen LogP contribution in [0.1, 0.15) is 18.1 Å². The van der Waals surface area contributed by atoms with Gasteiger partial charge in [-0.25, -0.2) is 0 Å². The van der Waals surface area contributed by atoms with E-state index in [-0.39, 0.29) is 0 Å². The number of aromatic nitrogens is 1. The Labute approximate surface area is 118 Å². The average Bonchev–Trinajstić information content (AvgIpc) is 2.47. The van der Waals surface area contributed by atoms with Crippen LogP contribution in [0.5, 0.6) is 0 Å². The molecule has 0 aliphatic rings. The van der Waals surface area contributed by atoms with Crippen LogP contribution >= 0.6 is 0 Å². The third-order valence-electron chi connectivity index (χ3n) is 3.62. The van der Waals surface area contributed by atoms with Crippen LogP contribution in [0.2, 0.25) is 0 Å². The number of aliphatic hydroxyl groups is 1. The van der Waals surface area contributed by atoms with Crippen molar-refractivity contribution >= 4 is 10.9 Å². The van der Waals surface area contributed by atoms with Gasteiger partial charge >= 0.3 is 0 Å². The molecule has 1 heterocycles. The van der Waals surface area contributed by atoms with Crippen molar-refractivity contribution < 1.29 is 5.11 Å². The van der Waals surface area contributed by atoms with Gasteiger partial charge in [0.15, 0.2) is 0 Å². The van der Waals surface area contributed by atoms with Gasteiger partial charge in [-0.3, -0.25) is 4.98 Å². The van der Waals surface area contributed by atoms with Crippen molar-refractivity contribution in [3.8, 4) is 0 Å². The molecule has 3 rings (SSSR count). The van der Waals surface area contributed by atoms with Crippen molar-refractivity contribution in [3.63, 3.8) is 0 Å². The van der Waals surface area contributed by atoms with Gasteiger partial charge < -0.3 is 5.11 Å². The summed E-state index contributed by atoms with van der Waals surface area (Å²) in [5.74, 6) is 0. The average molecular weight is 263 g/mol. The number of fused-ring (bicyclic) bond motifs is 1. The van der Waals surface area contributed by atoms with Crippen molar-refractivity contribution in [1.29, 1.82) is 0 Å². The van der Waals surface area contributed by atoms with Crippen LogP contribution in [0.15, 0.2) is 66.9 Å². The minimum atomic E-state index is -0.913. The fourth-order valence-electron chi connectivity index (χ4n) is 2.66. The summed E-state index contributed by atoms with van der Waals surface area (Å²) >= 11 is 0. The van der Waals surface area contributed by atoms with E-state index in [0.717, 1.165) is 22.0 Å². The molecule has 0 saturated heterocycles. The molecule has 0 aliphatic heterocycles. The maximum absolute atomic E-state index is 10.9. The van der Waals surface area contributed by atoms with Crippen LogP contribution in [0.3, 0.4) is 0 Å². The lowest BCUT2D eigenvalue weighted by molar-refractivity contribution is 0.0592. The van der Waals surface area contributed by atoms with Gasteiger partial charge in [0.25, 0.3) is 0 Å². The van der Waals surface area contributed by atoms with Gasteiger partial charge in [0.2, 0.25) is 0 Å². The van der Waals surface area contributed by atoms with Gasteiger partial charge in [0.05, 0.1) is 11.1 Å². The molecule has 100 valence electrons. The molecule has 0 aliphatic carbocycles. The number of pyridine rings is 1. The summed E-state index contributed by atoms with van der Waals surface area (Å²) in [6.45, 7) is 1.86. The van der Waals surface area contributed by atoms with Crippen LogP contribution in [-0.2, 0) is 12.0 Å². The Balaban J connectivity index is 2.05. The molecule has 0 saturated carbocycles. The van der Waals surface area contributed by atoms with Gasteiger partial charge in [0.1, 0.15) is 0 Å². The zero-order valence-electron chi connectivity index (χ0n) is 11.5. The van der Waals surface area contributed by atoms with Gasteiger partial charge in [-0.2, -0.15) is 0 Å². The van der Waals surface area contributed by atoms with Crippen molar-refractivity contribution in [3.05, 3.63) is 78.0 Å². The van der Waals surface area contributed by atoms with E-state index in [4.69, 9.17) is 0 Å². The fraction of sp³-hybridized carbons (Fsp3) is 0.167. The molecule has 0 fully saturated rings. The van der Waals surface area contributed by atoms with Gasteiger partial charge in [-0.15, -0.1) is 0 Å². The van der Waals surface area contributed by atoms with Gasteiger partial charge in [-0.1, -0.05) is 48.5 Å². The van der Waals surface area contributed by atoms with Crippen LogP contribution < -0.4 is 0 Å². The SMILES string of the molecule is CC(O)(Cc1ccccc1)c1cccc2ncccc12. The normalized spacial score (nSPS) is 14.1. The van der Waals surface area contributed by atoms with Crippen LogP contribution in [0.4, 0.5) is 0 Å². The molecule has 2 aromatic carbocycles. The van der Waals surface area contributed by atoms with E-state index in [1.54, 1.807) is 6.20 Å². The second-order valence-electron chi connectivity index (χ2n) is 5.31. The van der Waals surface area contributed by atoms with Crippen molar-refractivity contribution in [2.24, 2.45) is 0 Å². The molecular formula is C18H17NO. The van der Waals surface area contributed by atoms with Crippen molar-refractivity contribution in [2.45, 2.75) is 18.9 Å². The summed E-state index contributed by atoms with van der Waals surface area (Å²) in [7, 11) is 0. The lowest BCUT2D eigenvalue weighted by Crippen LogP contribution is -2.24. The zero-order valence-corrected chi connectivity index (χ0v) is 11.5. The van der Waals surface area contributed by atoms with E-state index < -0.39 is 5.60 Å². The van der Waals surface area contributed by atoms with Crippen molar-refractivity contribution in [1.82, 2.24) is 4.98 Å². The fourth-order valence-corrected chi connectivity index (χ4v) is 2.66. The van der Waals surface area contributed by atoms with E-state index in [2.05, 4.69) is 4.98 Å². The van der Waals surface area contributed by atoms with E-state index in [1.165, 1.54) is 0 Å². The number of hydrogen-bond donors (Lipinski definition) is 1. The highest BCUT2D eigenvalue weighted by Gasteiger charge is 2.25. The number of benzene rings is 2. The summed E-state index contributed by atoms with van der Waals surface area (Å²) in [4.78, 5) is 4.35. The smallest absolute Gasteiger partial charge is 0.0915 e. The van der Waals surface area contributed by atoms with Crippen LogP contribution in [0, 0.1) is 0 Å². The summed E-state index contributed by atoms with van der Waals surface area (Å²) in [6.07, 6.45) is 2.36. The molecule has 2 nitrogen and oxygen atoms in total. The summed E-state index contributed by atoms with van der Waals surface area (Å²) < 4.78 is 0. The molecule has 20 heavy (non-hydrogen) atoms. The third kappa shape index (κ3) is 2.43. The Morgan fingerprint density at radius 1 is 0.950 bits per heavy atom. The largest absolute Gasteiger partial charge is 0.385 e. The first kappa shape index (κ1) is 12.8. The Bertz CT molecular complexity index is 714. The molecule has 2 heteroatoms. The molecule has 1 atom stereocenters. The molecule has 3 aromatic rings. The monoisotopic (exact) mass is 263 g/mol. The molecule has 1 N–H and O–H groups in total. The number of hydrogen-bond acceptors (Lipinski definition) is 2. The molecular weight excluding hydrogens is 246 g/mol. The molecule has 0 bridgehead atoms. The quantitative estimate of drug-likeness (QED) is 0.782. The van der Waals surface area contributed by atoms with E-state index in [9.17, 15) is 5.11 Å². The van der Waals surface area contributed by atoms with E-state index in [0.29, 0.717) is 6.42 Å². The minimum Gasteiger partial charge on any atom is -0.385 e. The highest BCUT2D eigenvalue weighted by molar-refractivity contribution is 5.82. The predicted molar refractivity (Wildman–Crippen MR) is 81.5 cm³/mol. The lowest BCUT2D eigenvalue weighted by Gasteiger charge is -2.25. The summed E-state index contributed by atoms with van der Waals surface area (Å²) in [6, 6.07) is 19.9. The molecule has 0 amide bonds. The summed E-state index contributed by atoms with van der Waals surface area (Å²) in [5, 5.41) is 11.9. The third-order valence-corrected chi connectivity index (χ3v) is 3.62. The maximum atomic E-state index is 10.9. The standard InChI is InChI=1S/C18H17NO/c1-18(20,13-14-7-3-2-4-8-14)16-10-5-11-17-15(16)9-6-12-19-17/h2-12,20H,13H2,1H3. The summed E-state index contributed by atoms with van der Waals surface area (Å²) in [5.41, 5.74) is 2.05. The zero-order chi connectivity index (χ0) is 14.0. The number of nitrogens with zero attached hydrogens (tertiary/aromatic N) is 1. The highest BCUT2D eigenvalue weighted by Crippen LogP contribution is 2.30. The number of rotatable bonds is 3. The van der Waals surface area contributed by atoms with E-state index >= 15 is 0 Å². The second-order valence-corrected chi connectivity index (χ2v) is 5.31. The maximum Gasteiger partial charge on any atom is 0.0915 e. The lowest BCUT2D eigenvalue weighted by atomic mass is 9.87. The molecule has 0 spiro atoms. The predicted octanol–water partition coefficient (Wildman–Crippen LogP) is 3.69. The van der Waals surface area contributed by atoms with Crippen LogP contribution in [0.25, 0.3) is 10.9 Å². The van der Waals surface area contributed by atoms with Gasteiger partial charge in [0, 0.05) is 18.0 Å². The first-order valence-electron chi connectivity index (χ1n) is 6.77. The van der Waals surface area contributed by atoms with Gasteiger partial charge in [-0.05, 0) is 30.2 Å². The Kier molecular flexibility index (Phi) is 3.25.